The number of nitrogens with one attached hydrogen (secondary N) is 1. The van der Waals surface area contributed by atoms with E-state index in [1.54, 1.807) is 43.3 Å². The molecule has 0 aliphatic rings. The van der Waals surface area contributed by atoms with Crippen molar-refractivity contribution in [3.8, 4) is 5.75 Å². The van der Waals surface area contributed by atoms with Crippen molar-refractivity contribution in [3.63, 3.8) is 0 Å². The van der Waals surface area contributed by atoms with Gasteiger partial charge in [-0.05, 0) is 48.7 Å². The SMILES string of the molecule is CC(O)c1cccc(OCC(=O)NCCc2ccc(F)cc2)c1. The molecule has 1 unspecified atom stereocenters. The quantitative estimate of drug-likeness (QED) is 0.825. The first-order chi connectivity index (χ1) is 11.0. The molecule has 0 aromatic heterocycles. The minimum atomic E-state index is -0.580. The van der Waals surface area contributed by atoms with Gasteiger partial charge >= 0.3 is 0 Å². The van der Waals surface area contributed by atoms with E-state index in [0.29, 0.717) is 18.7 Å². The second kappa shape index (κ2) is 8.29. The highest BCUT2D eigenvalue weighted by Crippen LogP contribution is 2.18. The van der Waals surface area contributed by atoms with Gasteiger partial charge in [-0.3, -0.25) is 4.79 Å². The zero-order valence-corrected chi connectivity index (χ0v) is 13.0. The van der Waals surface area contributed by atoms with Crippen LogP contribution in [0.25, 0.3) is 0 Å². The average Bonchev–Trinajstić information content (AvgIpc) is 2.55. The van der Waals surface area contributed by atoms with Gasteiger partial charge in [0.1, 0.15) is 11.6 Å². The van der Waals surface area contributed by atoms with Crippen LogP contribution >= 0.6 is 0 Å². The smallest absolute Gasteiger partial charge is 0.257 e. The molecule has 0 heterocycles. The molecule has 1 amide bonds. The second-order valence-corrected chi connectivity index (χ2v) is 5.26. The monoisotopic (exact) mass is 317 g/mol. The van der Waals surface area contributed by atoms with Gasteiger partial charge in [-0.1, -0.05) is 24.3 Å². The fourth-order valence-electron chi connectivity index (χ4n) is 2.06. The summed E-state index contributed by atoms with van der Waals surface area (Å²) in [5.74, 6) is 0.0391. The lowest BCUT2D eigenvalue weighted by molar-refractivity contribution is -0.123. The Morgan fingerprint density at radius 2 is 2.00 bits per heavy atom. The summed E-state index contributed by atoms with van der Waals surface area (Å²) in [4.78, 5) is 11.7. The van der Waals surface area contributed by atoms with Crippen molar-refractivity contribution in [1.82, 2.24) is 5.32 Å². The maximum Gasteiger partial charge on any atom is 0.257 e. The van der Waals surface area contributed by atoms with Gasteiger partial charge < -0.3 is 15.2 Å². The molecule has 0 saturated heterocycles. The number of ether oxygens (including phenoxy) is 1. The van der Waals surface area contributed by atoms with Crippen molar-refractivity contribution in [2.75, 3.05) is 13.2 Å². The van der Waals surface area contributed by atoms with E-state index in [2.05, 4.69) is 5.32 Å². The van der Waals surface area contributed by atoms with Crippen LogP contribution in [0.3, 0.4) is 0 Å². The summed E-state index contributed by atoms with van der Waals surface area (Å²) in [6.07, 6.45) is 0.0480. The number of hydrogen-bond donors (Lipinski definition) is 2. The summed E-state index contributed by atoms with van der Waals surface area (Å²) in [5, 5.41) is 12.3. The zero-order chi connectivity index (χ0) is 16.7. The topological polar surface area (TPSA) is 58.6 Å². The van der Waals surface area contributed by atoms with Gasteiger partial charge in [0.15, 0.2) is 6.61 Å². The third-order valence-corrected chi connectivity index (χ3v) is 3.36. The van der Waals surface area contributed by atoms with E-state index < -0.39 is 6.10 Å². The predicted molar refractivity (Wildman–Crippen MR) is 85.7 cm³/mol. The lowest BCUT2D eigenvalue weighted by atomic mass is 10.1. The third-order valence-electron chi connectivity index (χ3n) is 3.36. The molecule has 4 nitrogen and oxygen atoms in total. The Morgan fingerprint density at radius 3 is 2.70 bits per heavy atom. The molecule has 2 N–H and O–H groups in total. The minimum Gasteiger partial charge on any atom is -0.484 e. The number of hydrogen-bond acceptors (Lipinski definition) is 3. The van der Waals surface area contributed by atoms with Gasteiger partial charge in [0.25, 0.3) is 5.91 Å². The Balaban J connectivity index is 1.72. The highest BCUT2D eigenvalue weighted by atomic mass is 19.1. The van der Waals surface area contributed by atoms with Gasteiger partial charge in [0.2, 0.25) is 0 Å². The van der Waals surface area contributed by atoms with Crippen molar-refractivity contribution in [2.45, 2.75) is 19.4 Å². The van der Waals surface area contributed by atoms with E-state index >= 15 is 0 Å². The molecule has 0 bridgehead atoms. The molecule has 0 aliphatic carbocycles. The molecule has 2 rings (SSSR count). The van der Waals surface area contributed by atoms with E-state index in [0.717, 1.165) is 11.1 Å². The molecular formula is C18H20FNO3. The Labute approximate surface area is 134 Å². The summed E-state index contributed by atoms with van der Waals surface area (Å²) in [7, 11) is 0. The first kappa shape index (κ1) is 17.0. The molecule has 1 atom stereocenters. The van der Waals surface area contributed by atoms with E-state index in [4.69, 9.17) is 4.74 Å². The fourth-order valence-corrected chi connectivity index (χ4v) is 2.06. The Bertz CT molecular complexity index is 641. The first-order valence-corrected chi connectivity index (χ1v) is 7.46. The van der Waals surface area contributed by atoms with Gasteiger partial charge in [-0.2, -0.15) is 0 Å². The molecule has 0 saturated carbocycles. The standard InChI is InChI=1S/C18H20FNO3/c1-13(21)15-3-2-4-17(11-15)23-12-18(22)20-10-9-14-5-7-16(19)8-6-14/h2-8,11,13,21H,9-10,12H2,1H3,(H,20,22). The average molecular weight is 317 g/mol. The number of amides is 1. The molecule has 5 heteroatoms. The number of aliphatic hydroxyl groups excluding tert-OH is 1. The van der Waals surface area contributed by atoms with Crippen LogP contribution in [0, 0.1) is 5.82 Å². The second-order valence-electron chi connectivity index (χ2n) is 5.26. The van der Waals surface area contributed by atoms with Crippen LogP contribution in [0.2, 0.25) is 0 Å². The highest BCUT2D eigenvalue weighted by molar-refractivity contribution is 5.77. The van der Waals surface area contributed by atoms with Crippen LogP contribution in [0.4, 0.5) is 4.39 Å². The molecule has 122 valence electrons. The zero-order valence-electron chi connectivity index (χ0n) is 13.0. The van der Waals surface area contributed by atoms with Crippen molar-refractivity contribution >= 4 is 5.91 Å². The number of carbonyl (C=O) groups is 1. The molecule has 0 fully saturated rings. The number of halogens is 1. The van der Waals surface area contributed by atoms with Crippen LogP contribution in [0.1, 0.15) is 24.2 Å². The van der Waals surface area contributed by atoms with Crippen LogP contribution in [-0.2, 0) is 11.2 Å². The number of carbonyl (C=O) groups excluding carboxylic acids is 1. The first-order valence-electron chi connectivity index (χ1n) is 7.46. The van der Waals surface area contributed by atoms with Gasteiger partial charge in [-0.25, -0.2) is 4.39 Å². The van der Waals surface area contributed by atoms with Crippen LogP contribution in [0.15, 0.2) is 48.5 Å². The summed E-state index contributed by atoms with van der Waals surface area (Å²) in [6.45, 7) is 2.04. The van der Waals surface area contributed by atoms with Crippen molar-refractivity contribution in [2.24, 2.45) is 0 Å². The molecule has 0 spiro atoms. The van der Waals surface area contributed by atoms with Crippen LogP contribution in [-0.4, -0.2) is 24.2 Å². The summed E-state index contributed by atoms with van der Waals surface area (Å²) in [5.41, 5.74) is 1.69. The molecule has 0 aliphatic heterocycles. The van der Waals surface area contributed by atoms with Gasteiger partial charge in [0, 0.05) is 6.54 Å². The predicted octanol–water partition coefficient (Wildman–Crippen LogP) is 2.62. The molecule has 0 radical (unpaired) electrons. The van der Waals surface area contributed by atoms with Crippen LogP contribution < -0.4 is 10.1 Å². The largest absolute Gasteiger partial charge is 0.484 e. The number of benzene rings is 2. The van der Waals surface area contributed by atoms with E-state index in [1.165, 1.54) is 12.1 Å². The summed E-state index contributed by atoms with van der Waals surface area (Å²) in [6, 6.07) is 13.2. The van der Waals surface area contributed by atoms with E-state index in [-0.39, 0.29) is 18.3 Å². The number of aliphatic hydroxyl groups is 1. The maximum absolute atomic E-state index is 12.8. The highest BCUT2D eigenvalue weighted by Gasteiger charge is 2.05. The third kappa shape index (κ3) is 5.71. The van der Waals surface area contributed by atoms with Crippen molar-refractivity contribution < 1.29 is 19.0 Å². The Kier molecular flexibility index (Phi) is 6.11. The lowest BCUT2D eigenvalue weighted by Gasteiger charge is -2.10. The van der Waals surface area contributed by atoms with E-state index in [1.807, 2.05) is 0 Å². The lowest BCUT2D eigenvalue weighted by Crippen LogP contribution is -2.30. The Morgan fingerprint density at radius 1 is 1.26 bits per heavy atom. The molecule has 2 aromatic carbocycles. The summed E-state index contributed by atoms with van der Waals surface area (Å²) >= 11 is 0. The maximum atomic E-state index is 12.8. The van der Waals surface area contributed by atoms with Crippen molar-refractivity contribution in [1.29, 1.82) is 0 Å². The Hall–Kier alpha value is -2.40. The molecule has 2 aromatic rings. The minimum absolute atomic E-state index is 0.0906. The van der Waals surface area contributed by atoms with Gasteiger partial charge in [0.05, 0.1) is 6.10 Å². The van der Waals surface area contributed by atoms with Crippen molar-refractivity contribution in [3.05, 3.63) is 65.5 Å². The molecule has 23 heavy (non-hydrogen) atoms. The normalized spacial score (nSPS) is 11.8. The van der Waals surface area contributed by atoms with E-state index in [9.17, 15) is 14.3 Å². The van der Waals surface area contributed by atoms with Gasteiger partial charge in [-0.15, -0.1) is 0 Å². The number of rotatable bonds is 7. The summed E-state index contributed by atoms with van der Waals surface area (Å²) < 4.78 is 18.2. The molecular weight excluding hydrogens is 297 g/mol. The van der Waals surface area contributed by atoms with Crippen LogP contribution in [0.5, 0.6) is 5.75 Å². The fraction of sp³-hybridized carbons (Fsp3) is 0.278.